The van der Waals surface area contributed by atoms with E-state index in [1.807, 2.05) is 10.8 Å². The van der Waals surface area contributed by atoms with Crippen LogP contribution in [0.25, 0.3) is 33.4 Å². The Bertz CT molecular complexity index is 1540. The molecule has 0 aliphatic rings. The van der Waals surface area contributed by atoms with E-state index in [1.54, 1.807) is 26.4 Å². The minimum atomic E-state index is -1.27. The van der Waals surface area contributed by atoms with E-state index in [9.17, 15) is 9.18 Å². The highest BCUT2D eigenvalue weighted by Gasteiger charge is 2.23. The first-order chi connectivity index (χ1) is 18.4. The molecule has 3 heterocycles. The smallest absolute Gasteiger partial charge is 0.275 e. The largest absolute Gasteiger partial charge is 0.496 e. The molecule has 0 bridgehead atoms. The summed E-state index contributed by atoms with van der Waals surface area (Å²) < 4.78 is 27.8. The molecule has 9 nitrogen and oxygen atoms in total. The van der Waals surface area contributed by atoms with Gasteiger partial charge in [0.25, 0.3) is 5.91 Å². The average molecular weight is 571 g/mol. The molecule has 0 aliphatic heterocycles. The van der Waals surface area contributed by atoms with Gasteiger partial charge in [0, 0.05) is 63.2 Å². The van der Waals surface area contributed by atoms with Crippen molar-refractivity contribution in [3.05, 3.63) is 53.3 Å². The maximum absolute atomic E-state index is 14.4. The van der Waals surface area contributed by atoms with E-state index in [4.69, 9.17) is 26.8 Å². The average Bonchev–Trinajstić information content (AvgIpc) is 3.25. The molecule has 0 radical (unpaired) electrons. The van der Waals surface area contributed by atoms with E-state index >= 15 is 0 Å². The minimum Gasteiger partial charge on any atom is -0.496 e. The highest BCUT2D eigenvalue weighted by atomic mass is 35.5. The molecular weight excluding hydrogens is 539 g/mol. The molecule has 206 valence electrons. The lowest BCUT2D eigenvalue weighted by Crippen LogP contribution is -2.24. The van der Waals surface area contributed by atoms with Gasteiger partial charge in [-0.1, -0.05) is 31.2 Å². The number of carbonyl (C=O) groups excluding carboxylic acids is 1. The Morgan fingerprint density at radius 1 is 1.15 bits per heavy atom. The third kappa shape index (κ3) is 6.05. The molecule has 0 atom stereocenters. The predicted octanol–water partition coefficient (Wildman–Crippen LogP) is 5.56. The second-order valence-electron chi connectivity index (χ2n) is 10.6. The molecule has 4 aromatic rings. The molecule has 1 amide bonds. The van der Waals surface area contributed by atoms with Gasteiger partial charge >= 0.3 is 0 Å². The molecule has 4 rings (SSSR count). The molecule has 0 unspecified atom stereocenters. The van der Waals surface area contributed by atoms with Crippen LogP contribution >= 0.6 is 11.6 Å². The molecule has 0 saturated carbocycles. The van der Waals surface area contributed by atoms with E-state index in [0.717, 1.165) is 6.04 Å². The zero-order valence-electron chi connectivity index (χ0n) is 22.9. The number of methoxy groups -OCH3 is 1. The molecule has 12 heteroatoms. The van der Waals surface area contributed by atoms with Gasteiger partial charge in [0.15, 0.2) is 11.5 Å². The van der Waals surface area contributed by atoms with Crippen molar-refractivity contribution in [1.82, 2.24) is 24.4 Å². The minimum absolute atomic E-state index is 0.00838. The summed E-state index contributed by atoms with van der Waals surface area (Å²) in [5, 5.41) is 0.871. The van der Waals surface area contributed by atoms with Crippen molar-refractivity contribution in [3.63, 3.8) is 0 Å². The van der Waals surface area contributed by atoms with Crippen molar-refractivity contribution in [2.45, 2.75) is 32.4 Å². The molecule has 0 saturated heterocycles. The molecule has 0 fully saturated rings. The van der Waals surface area contributed by atoms with Gasteiger partial charge in [-0.2, -0.15) is 0 Å². The van der Waals surface area contributed by atoms with Gasteiger partial charge in [-0.3, -0.25) is 4.79 Å². The summed E-state index contributed by atoms with van der Waals surface area (Å²) in [4.78, 5) is 27.3. The van der Waals surface area contributed by atoms with Crippen LogP contribution in [0.2, 0.25) is 30.7 Å². The highest BCUT2D eigenvalue weighted by Crippen LogP contribution is 2.42. The summed E-state index contributed by atoms with van der Waals surface area (Å²) in [7, 11) is 3.45. The van der Waals surface area contributed by atoms with E-state index in [2.05, 4.69) is 34.6 Å². The Kier molecular flexibility index (Phi) is 8.24. The Morgan fingerprint density at radius 3 is 2.56 bits per heavy atom. The second-order valence-corrected chi connectivity index (χ2v) is 16.6. The molecule has 2 N–H and O–H groups in total. The van der Waals surface area contributed by atoms with Gasteiger partial charge < -0.3 is 24.7 Å². The van der Waals surface area contributed by atoms with Crippen LogP contribution in [0.3, 0.4) is 0 Å². The fourth-order valence-corrected chi connectivity index (χ4v) is 5.12. The first-order valence-electron chi connectivity index (χ1n) is 12.3. The number of nitrogens with zero attached hydrogens (tertiary/aromatic N) is 5. The Labute approximate surface area is 232 Å². The number of fused-ring (bicyclic) bond motifs is 1. The van der Waals surface area contributed by atoms with Crippen LogP contribution in [0.5, 0.6) is 5.75 Å². The molecular formula is C27H32ClFN6O3Si. The number of rotatable bonds is 9. The fourth-order valence-electron chi connectivity index (χ4n) is 4.03. The van der Waals surface area contributed by atoms with Gasteiger partial charge in [-0.05, 0) is 24.2 Å². The van der Waals surface area contributed by atoms with Crippen LogP contribution in [0.15, 0.2) is 36.8 Å². The summed E-state index contributed by atoms with van der Waals surface area (Å²) in [5.41, 5.74) is 8.38. The summed E-state index contributed by atoms with van der Waals surface area (Å²) in [5.74, 6) is -0.328. The summed E-state index contributed by atoms with van der Waals surface area (Å²) in [6, 6.07) is 5.30. The Hall–Kier alpha value is -3.54. The van der Waals surface area contributed by atoms with Crippen molar-refractivity contribution in [1.29, 1.82) is 0 Å². The summed E-state index contributed by atoms with van der Waals surface area (Å²) in [6.45, 7) is 7.72. The van der Waals surface area contributed by atoms with Gasteiger partial charge in [-0.25, -0.2) is 19.3 Å². The van der Waals surface area contributed by atoms with E-state index in [0.29, 0.717) is 50.8 Å². The lowest BCUT2D eigenvalue weighted by molar-refractivity contribution is 0.0822. The van der Waals surface area contributed by atoms with Crippen LogP contribution in [0.4, 0.5) is 10.2 Å². The maximum Gasteiger partial charge on any atom is 0.275 e. The monoisotopic (exact) mass is 570 g/mol. The molecule has 1 aromatic carbocycles. The lowest BCUT2D eigenvalue weighted by atomic mass is 10.0. The van der Waals surface area contributed by atoms with E-state index in [-0.39, 0.29) is 24.1 Å². The summed E-state index contributed by atoms with van der Waals surface area (Å²) in [6.07, 6.45) is 4.84. The van der Waals surface area contributed by atoms with Crippen molar-refractivity contribution in [3.8, 4) is 28.1 Å². The number of carbonyl (C=O) groups is 1. The van der Waals surface area contributed by atoms with Gasteiger partial charge in [0.1, 0.15) is 23.9 Å². The first kappa shape index (κ1) is 28.5. The zero-order chi connectivity index (χ0) is 28.5. The van der Waals surface area contributed by atoms with Crippen molar-refractivity contribution < 1.29 is 18.7 Å². The third-order valence-corrected chi connectivity index (χ3v) is 8.28. The van der Waals surface area contributed by atoms with Crippen molar-refractivity contribution >= 4 is 42.4 Å². The zero-order valence-corrected chi connectivity index (χ0v) is 24.6. The first-order valence-corrected chi connectivity index (χ1v) is 16.4. The third-order valence-electron chi connectivity index (χ3n) is 6.19. The van der Waals surface area contributed by atoms with E-state index in [1.165, 1.54) is 30.3 Å². The number of halogens is 2. The number of benzene rings is 1. The van der Waals surface area contributed by atoms with Gasteiger partial charge in [0.2, 0.25) is 0 Å². The number of nitrogen functional groups attached to an aromatic ring is 1. The lowest BCUT2D eigenvalue weighted by Gasteiger charge is -2.15. The van der Waals surface area contributed by atoms with Crippen LogP contribution in [-0.4, -0.2) is 66.2 Å². The van der Waals surface area contributed by atoms with Gasteiger partial charge in [0.05, 0.1) is 24.0 Å². The second kappa shape index (κ2) is 11.3. The Balaban J connectivity index is 1.88. The van der Waals surface area contributed by atoms with Crippen LogP contribution in [-0.2, 0) is 11.5 Å². The normalized spacial score (nSPS) is 11.7. The highest BCUT2D eigenvalue weighted by molar-refractivity contribution is 6.76. The van der Waals surface area contributed by atoms with Gasteiger partial charge in [-0.15, -0.1) is 0 Å². The number of pyridine rings is 1. The quantitative estimate of drug-likeness (QED) is 0.207. The van der Waals surface area contributed by atoms with Crippen molar-refractivity contribution in [2.24, 2.45) is 0 Å². The van der Waals surface area contributed by atoms with Crippen LogP contribution in [0, 0.1) is 5.82 Å². The summed E-state index contributed by atoms with van der Waals surface area (Å²) >= 11 is 7.02. The molecule has 3 aromatic heterocycles. The fraction of sp³-hybridized carbons (Fsp3) is 0.333. The molecule has 0 spiro atoms. The van der Waals surface area contributed by atoms with Crippen LogP contribution in [0.1, 0.15) is 10.5 Å². The standard InChI is InChI=1S/C27H32ClFN6O3Si/c1-34(2)27(36)24-25(30)31-13-20(33-24)18-12-32-26-22(23(18)28)19(17-11-16(29)7-8-21(17)37-3)14-35(26)15-38-9-10-39(4,5)6/h7-8,11-14H,9-10,15H2,1-6H3,(H2,30,31). The molecule has 0 aliphatic carbocycles. The number of anilines is 1. The topological polar surface area (TPSA) is 108 Å². The maximum atomic E-state index is 14.4. The Morgan fingerprint density at radius 2 is 1.90 bits per heavy atom. The SMILES string of the molecule is COc1ccc(F)cc1-c1cn(COCC[Si](C)(C)C)c2ncc(-c3cnc(N)c(C(=O)N(C)C)n3)c(Cl)c12. The number of aromatic nitrogens is 4. The molecule has 39 heavy (non-hydrogen) atoms. The van der Waals surface area contributed by atoms with E-state index < -0.39 is 13.9 Å². The van der Waals surface area contributed by atoms with Crippen LogP contribution < -0.4 is 10.5 Å². The predicted molar refractivity (Wildman–Crippen MR) is 154 cm³/mol. The number of nitrogens with two attached hydrogens (primary N) is 1. The number of ether oxygens (including phenoxy) is 2. The number of amides is 1. The number of hydrogen-bond acceptors (Lipinski definition) is 7. The number of hydrogen-bond donors (Lipinski definition) is 1. The van der Waals surface area contributed by atoms with Crippen molar-refractivity contribution in [2.75, 3.05) is 33.5 Å².